The van der Waals surface area contributed by atoms with E-state index in [1.165, 1.54) is 6.92 Å². The molecule has 0 aromatic heterocycles. The van der Waals surface area contributed by atoms with Gasteiger partial charge in [-0.25, -0.2) is 9.59 Å². The van der Waals surface area contributed by atoms with Crippen molar-refractivity contribution in [1.29, 1.82) is 0 Å². The Bertz CT molecular complexity index is 392. The van der Waals surface area contributed by atoms with Crippen LogP contribution in [0.2, 0.25) is 0 Å². The van der Waals surface area contributed by atoms with E-state index < -0.39 is 35.9 Å². The molecule has 1 heterocycles. The molecule has 8 nitrogen and oxygen atoms in total. The van der Waals surface area contributed by atoms with Crippen molar-refractivity contribution in [2.75, 3.05) is 13.1 Å². The van der Waals surface area contributed by atoms with Crippen molar-refractivity contribution in [2.45, 2.75) is 25.8 Å². The van der Waals surface area contributed by atoms with Crippen LogP contribution >= 0.6 is 0 Å². The molecule has 0 aromatic carbocycles. The fourth-order valence-electron chi connectivity index (χ4n) is 1.40. The van der Waals surface area contributed by atoms with Crippen LogP contribution in [-0.4, -0.2) is 52.4 Å². The Balaban J connectivity index is 2.64. The van der Waals surface area contributed by atoms with E-state index in [9.17, 15) is 19.2 Å². The summed E-state index contributed by atoms with van der Waals surface area (Å²) < 4.78 is 0. The Morgan fingerprint density at radius 1 is 1.50 bits per heavy atom. The molecular formula is C10H15N3O5. The van der Waals surface area contributed by atoms with Crippen LogP contribution in [0.4, 0.5) is 4.79 Å². The quantitative estimate of drug-likeness (QED) is 0.541. The lowest BCUT2D eigenvalue weighted by atomic mass is 9.99. The Labute approximate surface area is 103 Å². The number of nitrogens with zero attached hydrogens (tertiary/aromatic N) is 1. The first-order chi connectivity index (χ1) is 8.30. The molecular weight excluding hydrogens is 242 g/mol. The molecule has 0 aliphatic carbocycles. The van der Waals surface area contributed by atoms with Crippen molar-refractivity contribution < 1.29 is 24.3 Å². The molecule has 0 aromatic rings. The molecule has 8 heteroatoms. The molecule has 0 saturated carbocycles. The van der Waals surface area contributed by atoms with Crippen LogP contribution in [0.15, 0.2) is 0 Å². The third-order valence-corrected chi connectivity index (χ3v) is 2.83. The Hall–Kier alpha value is -2.12. The van der Waals surface area contributed by atoms with E-state index >= 15 is 0 Å². The van der Waals surface area contributed by atoms with Crippen LogP contribution in [0.1, 0.15) is 20.3 Å². The fourth-order valence-corrected chi connectivity index (χ4v) is 1.40. The van der Waals surface area contributed by atoms with Gasteiger partial charge in [-0.05, 0) is 13.3 Å². The van der Waals surface area contributed by atoms with E-state index in [0.717, 1.165) is 4.90 Å². The van der Waals surface area contributed by atoms with Crippen LogP contribution in [0.3, 0.4) is 0 Å². The van der Waals surface area contributed by atoms with Crippen molar-refractivity contribution in [3.05, 3.63) is 0 Å². The third-order valence-electron chi connectivity index (χ3n) is 2.83. The molecule has 1 unspecified atom stereocenters. The van der Waals surface area contributed by atoms with Crippen LogP contribution < -0.4 is 10.6 Å². The first-order valence-corrected chi connectivity index (χ1v) is 5.42. The van der Waals surface area contributed by atoms with Crippen LogP contribution in [-0.2, 0) is 14.4 Å². The van der Waals surface area contributed by atoms with Gasteiger partial charge in [0, 0.05) is 0 Å². The second-order valence-corrected chi connectivity index (χ2v) is 4.18. The predicted octanol–water partition coefficient (Wildman–Crippen LogP) is -1.09. The van der Waals surface area contributed by atoms with Gasteiger partial charge in [0.2, 0.25) is 5.91 Å². The van der Waals surface area contributed by atoms with Crippen LogP contribution in [0.5, 0.6) is 0 Å². The van der Waals surface area contributed by atoms with E-state index in [1.807, 2.05) is 0 Å². The van der Waals surface area contributed by atoms with Crippen molar-refractivity contribution in [1.82, 2.24) is 15.5 Å². The molecule has 1 atom stereocenters. The summed E-state index contributed by atoms with van der Waals surface area (Å²) in [6.45, 7) is 2.35. The maximum atomic E-state index is 11.6. The SMILES string of the molecule is CCC(C)(NC(=O)CN1C(=O)CNC1=O)C(=O)O. The van der Waals surface area contributed by atoms with Gasteiger partial charge in [-0.3, -0.25) is 14.5 Å². The summed E-state index contributed by atoms with van der Waals surface area (Å²) in [4.78, 5) is 45.8. The molecule has 1 aliphatic rings. The van der Waals surface area contributed by atoms with Gasteiger partial charge >= 0.3 is 12.0 Å². The Morgan fingerprint density at radius 3 is 2.50 bits per heavy atom. The van der Waals surface area contributed by atoms with Gasteiger partial charge in [0.05, 0.1) is 6.54 Å². The molecule has 18 heavy (non-hydrogen) atoms. The lowest BCUT2D eigenvalue weighted by Gasteiger charge is -2.25. The summed E-state index contributed by atoms with van der Waals surface area (Å²) in [7, 11) is 0. The van der Waals surface area contributed by atoms with Gasteiger partial charge in [-0.1, -0.05) is 6.92 Å². The van der Waals surface area contributed by atoms with Crippen molar-refractivity contribution >= 4 is 23.8 Å². The number of carbonyl (C=O) groups is 4. The molecule has 4 amide bonds. The number of imide groups is 1. The zero-order chi connectivity index (χ0) is 13.9. The van der Waals surface area contributed by atoms with Crippen molar-refractivity contribution in [3.63, 3.8) is 0 Å². The standard InChI is InChI=1S/C10H15N3O5/c1-3-10(2,8(16)17)12-6(14)5-13-7(15)4-11-9(13)18/h3-5H2,1-2H3,(H,11,18)(H,12,14)(H,16,17). The van der Waals surface area contributed by atoms with Gasteiger partial charge in [-0.2, -0.15) is 0 Å². The lowest BCUT2D eigenvalue weighted by Crippen LogP contribution is -2.54. The van der Waals surface area contributed by atoms with Crippen molar-refractivity contribution in [2.24, 2.45) is 0 Å². The van der Waals surface area contributed by atoms with Crippen LogP contribution in [0, 0.1) is 0 Å². The van der Waals surface area contributed by atoms with E-state index in [2.05, 4.69) is 10.6 Å². The number of carboxylic acids is 1. The minimum Gasteiger partial charge on any atom is -0.480 e. The smallest absolute Gasteiger partial charge is 0.329 e. The highest BCUT2D eigenvalue weighted by atomic mass is 16.4. The highest BCUT2D eigenvalue weighted by Crippen LogP contribution is 2.09. The molecule has 1 saturated heterocycles. The predicted molar refractivity (Wildman–Crippen MR) is 59.6 cm³/mol. The lowest BCUT2D eigenvalue weighted by molar-refractivity contribution is -0.147. The average Bonchev–Trinajstić information content (AvgIpc) is 2.60. The van der Waals surface area contributed by atoms with E-state index in [1.54, 1.807) is 6.92 Å². The zero-order valence-corrected chi connectivity index (χ0v) is 10.1. The largest absolute Gasteiger partial charge is 0.480 e. The number of hydrogen-bond donors (Lipinski definition) is 3. The maximum Gasteiger partial charge on any atom is 0.329 e. The summed E-state index contributed by atoms with van der Waals surface area (Å²) in [6.07, 6.45) is 0.189. The first kappa shape index (κ1) is 13.9. The zero-order valence-electron chi connectivity index (χ0n) is 10.1. The van der Waals surface area contributed by atoms with Crippen molar-refractivity contribution in [3.8, 4) is 0 Å². The number of carbonyl (C=O) groups excluding carboxylic acids is 3. The summed E-state index contributed by atoms with van der Waals surface area (Å²) in [5.41, 5.74) is -1.41. The second kappa shape index (κ2) is 5.03. The molecule has 100 valence electrons. The van der Waals surface area contributed by atoms with Crippen LogP contribution in [0.25, 0.3) is 0 Å². The molecule has 3 N–H and O–H groups in total. The normalized spacial score (nSPS) is 18.2. The first-order valence-electron chi connectivity index (χ1n) is 5.42. The number of urea groups is 1. The minimum atomic E-state index is -1.41. The maximum absolute atomic E-state index is 11.6. The summed E-state index contributed by atoms with van der Waals surface area (Å²) >= 11 is 0. The molecule has 1 aliphatic heterocycles. The number of amides is 4. The second-order valence-electron chi connectivity index (χ2n) is 4.18. The Morgan fingerprint density at radius 2 is 2.11 bits per heavy atom. The van der Waals surface area contributed by atoms with E-state index in [-0.39, 0.29) is 13.0 Å². The van der Waals surface area contributed by atoms with Gasteiger partial charge in [0.25, 0.3) is 5.91 Å². The molecule has 0 radical (unpaired) electrons. The summed E-state index contributed by atoms with van der Waals surface area (Å²) in [5, 5.41) is 13.5. The fraction of sp³-hybridized carbons (Fsp3) is 0.600. The third kappa shape index (κ3) is 2.76. The number of aliphatic carboxylic acids is 1. The molecule has 1 fully saturated rings. The topological polar surface area (TPSA) is 116 Å². The van der Waals surface area contributed by atoms with E-state index in [0.29, 0.717) is 0 Å². The minimum absolute atomic E-state index is 0.143. The van der Waals surface area contributed by atoms with Gasteiger partial charge in [0.1, 0.15) is 12.1 Å². The highest BCUT2D eigenvalue weighted by molar-refractivity contribution is 6.04. The molecule has 0 spiro atoms. The molecule has 0 bridgehead atoms. The number of nitrogens with one attached hydrogen (secondary N) is 2. The summed E-state index contributed by atoms with van der Waals surface area (Å²) in [6, 6.07) is -0.649. The monoisotopic (exact) mass is 257 g/mol. The van der Waals surface area contributed by atoms with Gasteiger partial charge < -0.3 is 15.7 Å². The Kier molecular flexibility index (Phi) is 3.89. The summed E-state index contributed by atoms with van der Waals surface area (Å²) in [5.74, 6) is -2.37. The molecule has 1 rings (SSSR count). The number of carboxylic acid groups (broad SMARTS) is 1. The highest BCUT2D eigenvalue weighted by Gasteiger charge is 2.35. The van der Waals surface area contributed by atoms with E-state index in [4.69, 9.17) is 5.11 Å². The van der Waals surface area contributed by atoms with Gasteiger partial charge in [0.15, 0.2) is 0 Å². The number of rotatable bonds is 5. The average molecular weight is 257 g/mol. The van der Waals surface area contributed by atoms with Gasteiger partial charge in [-0.15, -0.1) is 0 Å². The number of hydrogen-bond acceptors (Lipinski definition) is 4.